The van der Waals surface area contributed by atoms with Gasteiger partial charge in [-0.25, -0.2) is 0 Å². The molecule has 4 nitrogen and oxygen atoms in total. The second-order valence-corrected chi connectivity index (χ2v) is 6.09. The topological polar surface area (TPSA) is 45.7 Å². The molecule has 0 saturated carbocycles. The van der Waals surface area contributed by atoms with Gasteiger partial charge < -0.3 is 13.6 Å². The molecule has 25 heavy (non-hydrogen) atoms. The van der Waals surface area contributed by atoms with Gasteiger partial charge in [0, 0.05) is 10.8 Å². The zero-order valence-electron chi connectivity index (χ0n) is 13.5. The molecular weight excluding hydrogens is 310 g/mol. The summed E-state index contributed by atoms with van der Waals surface area (Å²) in [7, 11) is 1.98. The summed E-state index contributed by atoms with van der Waals surface area (Å²) in [5.41, 5.74) is 5.37. The molecule has 3 aromatic carbocycles. The van der Waals surface area contributed by atoms with Gasteiger partial charge in [-0.15, -0.1) is 0 Å². The van der Waals surface area contributed by atoms with Crippen LogP contribution in [0.25, 0.3) is 38.7 Å². The third-order valence-corrected chi connectivity index (χ3v) is 4.56. The number of furan rings is 1. The Labute approximate surface area is 143 Å². The fraction of sp³-hybridized carbons (Fsp3) is 0.0476. The number of hydrogen-bond donors (Lipinski definition) is 0. The summed E-state index contributed by atoms with van der Waals surface area (Å²) in [6, 6.07) is 22.0. The summed E-state index contributed by atoms with van der Waals surface area (Å²) < 4.78 is 10.00. The van der Waals surface area contributed by atoms with E-state index in [0.717, 1.165) is 38.7 Å². The van der Waals surface area contributed by atoms with E-state index >= 15 is 0 Å². The average Bonchev–Trinajstić information content (AvgIpc) is 3.18. The molecule has 0 atom stereocenters. The summed E-state index contributed by atoms with van der Waals surface area (Å²) >= 11 is 0. The van der Waals surface area contributed by atoms with Crippen LogP contribution < -0.4 is 4.57 Å². The van der Waals surface area contributed by atoms with Crippen LogP contribution >= 0.6 is 0 Å². The number of hydrogen-bond acceptors (Lipinski definition) is 2. The van der Waals surface area contributed by atoms with Gasteiger partial charge in [0.1, 0.15) is 11.2 Å². The second kappa shape index (κ2) is 4.96. The standard InChI is InChI=1S/C21H13N3O/c1-23-13-24(15-5-3-2-4-6-15)19-10-17-16-9-14(12-22)7-8-20(16)25-21(17)11-18(19)23/h2-11H,1H3. The zero-order chi connectivity index (χ0) is 17.0. The Morgan fingerprint density at radius 2 is 1.80 bits per heavy atom. The minimum Gasteiger partial charge on any atom is -0.457 e. The predicted octanol–water partition coefficient (Wildman–Crippen LogP) is 4.03. The van der Waals surface area contributed by atoms with Crippen molar-refractivity contribution >= 4 is 33.0 Å². The van der Waals surface area contributed by atoms with Crippen molar-refractivity contribution in [3.8, 4) is 11.8 Å². The highest BCUT2D eigenvalue weighted by Crippen LogP contribution is 2.32. The van der Waals surface area contributed by atoms with E-state index in [0.29, 0.717) is 5.56 Å². The van der Waals surface area contributed by atoms with Crippen LogP contribution in [-0.2, 0) is 7.05 Å². The number of aryl methyl sites for hydroxylation is 1. The maximum Gasteiger partial charge on any atom is 0.244 e. The lowest BCUT2D eigenvalue weighted by atomic mass is 10.1. The third-order valence-electron chi connectivity index (χ3n) is 4.56. The first-order valence-electron chi connectivity index (χ1n) is 8.00. The van der Waals surface area contributed by atoms with Gasteiger partial charge >= 0.3 is 0 Å². The van der Waals surface area contributed by atoms with Crippen LogP contribution in [0, 0.1) is 17.7 Å². The minimum absolute atomic E-state index is 0.630. The summed E-state index contributed by atoms with van der Waals surface area (Å²) in [6.07, 6.45) is 3.34. The highest BCUT2D eigenvalue weighted by molar-refractivity contribution is 6.09. The molecule has 0 spiro atoms. The van der Waals surface area contributed by atoms with E-state index in [1.165, 1.54) is 0 Å². The summed E-state index contributed by atoms with van der Waals surface area (Å²) in [4.78, 5) is 0. The number of rotatable bonds is 1. The first-order chi connectivity index (χ1) is 12.2. The number of fused-ring (bicyclic) bond motifs is 4. The molecule has 0 radical (unpaired) electrons. The van der Waals surface area contributed by atoms with Crippen molar-refractivity contribution in [2.45, 2.75) is 0 Å². The molecule has 5 rings (SSSR count). The number of para-hydroxylation sites is 1. The fourth-order valence-electron chi connectivity index (χ4n) is 3.35. The molecule has 0 aliphatic carbocycles. The molecule has 0 fully saturated rings. The largest absolute Gasteiger partial charge is 0.457 e. The van der Waals surface area contributed by atoms with Crippen LogP contribution in [0.2, 0.25) is 0 Å². The van der Waals surface area contributed by atoms with Gasteiger partial charge in [-0.1, -0.05) is 36.4 Å². The van der Waals surface area contributed by atoms with Crippen LogP contribution in [0.1, 0.15) is 5.56 Å². The molecule has 0 saturated heterocycles. The van der Waals surface area contributed by atoms with E-state index in [-0.39, 0.29) is 0 Å². The van der Waals surface area contributed by atoms with Gasteiger partial charge in [0.15, 0.2) is 0 Å². The molecule has 118 valence electrons. The molecule has 0 aliphatic rings. The highest BCUT2D eigenvalue weighted by Gasteiger charge is 2.13. The number of nitrogens with zero attached hydrogens (tertiary/aromatic N) is 3. The smallest absolute Gasteiger partial charge is 0.244 e. The van der Waals surface area contributed by atoms with E-state index in [4.69, 9.17) is 4.42 Å². The van der Waals surface area contributed by atoms with E-state index in [2.05, 4.69) is 30.6 Å². The summed E-state index contributed by atoms with van der Waals surface area (Å²) in [5, 5.41) is 11.1. The maximum absolute atomic E-state index is 9.18. The Kier molecular flexibility index (Phi) is 2.74. The lowest BCUT2D eigenvalue weighted by molar-refractivity contribution is -0.649. The Morgan fingerprint density at radius 3 is 2.60 bits per heavy atom. The van der Waals surface area contributed by atoms with Gasteiger partial charge in [0.2, 0.25) is 6.33 Å². The molecule has 0 bridgehead atoms. The van der Waals surface area contributed by atoms with Gasteiger partial charge in [-0.2, -0.15) is 5.26 Å². The molecule has 0 N–H and O–H groups in total. The number of nitriles is 1. The van der Waals surface area contributed by atoms with Gasteiger partial charge in [0.05, 0.1) is 35.4 Å². The normalized spacial score (nSPS) is 11.4. The molecule has 0 aliphatic heterocycles. The minimum atomic E-state index is 0.630. The predicted molar refractivity (Wildman–Crippen MR) is 95.3 cm³/mol. The summed E-state index contributed by atoms with van der Waals surface area (Å²) in [5.74, 6) is 0. The van der Waals surface area contributed by atoms with Crippen molar-refractivity contribution < 1.29 is 8.98 Å². The quantitative estimate of drug-likeness (QED) is 0.345. The molecule has 2 heterocycles. The van der Waals surface area contributed by atoms with Gasteiger partial charge in [-0.3, -0.25) is 0 Å². The van der Waals surface area contributed by atoms with E-state index in [9.17, 15) is 5.26 Å². The molecule has 5 aromatic rings. The highest BCUT2D eigenvalue weighted by atomic mass is 16.3. The maximum atomic E-state index is 9.18. The monoisotopic (exact) mass is 323 g/mol. The van der Waals surface area contributed by atoms with Crippen LogP contribution in [-0.4, -0.2) is 4.57 Å². The lowest BCUT2D eigenvalue weighted by Gasteiger charge is -2.04. The van der Waals surface area contributed by atoms with Gasteiger partial charge in [0.25, 0.3) is 0 Å². The summed E-state index contributed by atoms with van der Waals surface area (Å²) in [6.45, 7) is 0. The zero-order valence-corrected chi connectivity index (χ0v) is 13.5. The first-order valence-corrected chi connectivity index (χ1v) is 8.00. The Hall–Kier alpha value is -3.58. The van der Waals surface area contributed by atoms with E-state index in [1.54, 1.807) is 6.07 Å². The van der Waals surface area contributed by atoms with Crippen molar-refractivity contribution in [2.24, 2.45) is 7.05 Å². The Balaban J connectivity index is 1.90. The van der Waals surface area contributed by atoms with Crippen molar-refractivity contribution in [1.82, 2.24) is 4.57 Å². The van der Waals surface area contributed by atoms with E-state index < -0.39 is 0 Å². The second-order valence-electron chi connectivity index (χ2n) is 6.09. The molecule has 0 unspecified atom stereocenters. The Morgan fingerprint density at radius 1 is 1.00 bits per heavy atom. The number of imidazole rings is 1. The van der Waals surface area contributed by atoms with Crippen molar-refractivity contribution in [1.29, 1.82) is 5.26 Å². The number of aromatic nitrogens is 2. The van der Waals surface area contributed by atoms with Gasteiger partial charge in [-0.05, 0) is 24.3 Å². The third kappa shape index (κ3) is 1.96. The van der Waals surface area contributed by atoms with Crippen molar-refractivity contribution in [3.63, 3.8) is 0 Å². The molecule has 0 amide bonds. The van der Waals surface area contributed by atoms with Crippen LogP contribution in [0.15, 0.2) is 65.1 Å². The SMILES string of the molecule is C[n+]1[c-]n(-c2ccccc2)c2cc3c(cc21)oc1ccc(C#N)cc13. The van der Waals surface area contributed by atoms with Crippen molar-refractivity contribution in [2.75, 3.05) is 0 Å². The average molecular weight is 323 g/mol. The number of benzene rings is 3. The fourth-order valence-corrected chi connectivity index (χ4v) is 3.35. The lowest BCUT2D eigenvalue weighted by Crippen LogP contribution is -2.26. The Bertz CT molecular complexity index is 1300. The van der Waals surface area contributed by atoms with E-state index in [1.807, 2.05) is 52.6 Å². The van der Waals surface area contributed by atoms with Crippen LogP contribution in [0.3, 0.4) is 0 Å². The molecule has 2 aromatic heterocycles. The van der Waals surface area contributed by atoms with Crippen LogP contribution in [0.5, 0.6) is 0 Å². The van der Waals surface area contributed by atoms with Crippen LogP contribution in [0.4, 0.5) is 0 Å². The molecular formula is C21H13N3O. The first kappa shape index (κ1) is 13.8. The molecule has 4 heteroatoms. The van der Waals surface area contributed by atoms with Crippen molar-refractivity contribution in [3.05, 3.63) is 72.6 Å².